The zero-order valence-electron chi connectivity index (χ0n) is 22.3. The zero-order valence-corrected chi connectivity index (χ0v) is 22.3. The van der Waals surface area contributed by atoms with Crippen molar-refractivity contribution in [1.82, 2.24) is 9.47 Å². The number of nitro groups is 1. The number of benzene rings is 3. The first kappa shape index (κ1) is 29.1. The van der Waals surface area contributed by atoms with Crippen LogP contribution in [0.5, 0.6) is 5.75 Å². The normalized spacial score (nSPS) is 16.3. The van der Waals surface area contributed by atoms with Crippen LogP contribution in [-0.2, 0) is 12.1 Å². The highest BCUT2D eigenvalue weighted by molar-refractivity contribution is 5.88. The molecular formula is C30H28F3N3O6. The summed E-state index contributed by atoms with van der Waals surface area (Å²) in [7, 11) is 0. The quantitative estimate of drug-likeness (QED) is 0.195. The number of aliphatic hydroxyl groups is 1. The lowest BCUT2D eigenvalue weighted by molar-refractivity contribution is -0.384. The summed E-state index contributed by atoms with van der Waals surface area (Å²) in [6.45, 7) is -0.178. The van der Waals surface area contributed by atoms with Gasteiger partial charge in [0.2, 0.25) is 5.60 Å². The van der Waals surface area contributed by atoms with E-state index in [1.165, 1.54) is 39.9 Å². The Morgan fingerprint density at radius 1 is 1.02 bits per heavy atom. The van der Waals surface area contributed by atoms with Gasteiger partial charge < -0.3 is 19.5 Å². The number of rotatable bonds is 9. The number of alkyl halides is 3. The fourth-order valence-electron chi connectivity index (χ4n) is 5.37. The number of nitro benzene ring substituents is 1. The molecule has 2 N–H and O–H groups in total. The number of piperidine rings is 1. The summed E-state index contributed by atoms with van der Waals surface area (Å²) in [6, 6.07) is 18.6. The fourth-order valence-corrected chi connectivity index (χ4v) is 5.37. The third-order valence-corrected chi connectivity index (χ3v) is 7.56. The zero-order chi connectivity index (χ0) is 30.1. The average molecular weight is 584 g/mol. The van der Waals surface area contributed by atoms with E-state index >= 15 is 0 Å². The minimum absolute atomic E-state index is 0.0666. The fraction of sp³-hybridized carbons (Fsp3) is 0.300. The van der Waals surface area contributed by atoms with Crippen LogP contribution in [0.25, 0.3) is 10.9 Å². The molecule has 1 fully saturated rings. The van der Waals surface area contributed by atoms with Gasteiger partial charge in [0.1, 0.15) is 11.9 Å². The Hall–Kier alpha value is -4.42. The van der Waals surface area contributed by atoms with Crippen LogP contribution in [0.15, 0.2) is 79.0 Å². The summed E-state index contributed by atoms with van der Waals surface area (Å²) >= 11 is 0. The Morgan fingerprint density at radius 2 is 1.74 bits per heavy atom. The number of halogens is 3. The number of aromatic carboxylic acids is 1. The highest BCUT2D eigenvalue weighted by Gasteiger charge is 2.57. The SMILES string of the molecule is O=C(O)c1cccc(OC2CCN(CC(O)(c3cn(Cc4ccccc4)c4cc([N+](=O)[O-])ccc34)C(F)(F)F)CC2)c1. The van der Waals surface area contributed by atoms with Gasteiger partial charge in [-0.15, -0.1) is 0 Å². The molecule has 9 nitrogen and oxygen atoms in total. The van der Waals surface area contributed by atoms with Crippen molar-refractivity contribution in [2.75, 3.05) is 19.6 Å². The van der Waals surface area contributed by atoms with Crippen molar-refractivity contribution in [3.8, 4) is 5.75 Å². The molecule has 1 atom stereocenters. The lowest BCUT2D eigenvalue weighted by Crippen LogP contribution is -2.53. The second-order valence-electron chi connectivity index (χ2n) is 10.4. The van der Waals surface area contributed by atoms with Gasteiger partial charge in [0.25, 0.3) is 5.69 Å². The van der Waals surface area contributed by atoms with Crippen LogP contribution >= 0.6 is 0 Å². The molecule has 4 aromatic rings. The van der Waals surface area contributed by atoms with Crippen molar-refractivity contribution in [2.24, 2.45) is 0 Å². The van der Waals surface area contributed by atoms with E-state index in [1.54, 1.807) is 42.5 Å². The highest BCUT2D eigenvalue weighted by atomic mass is 19.4. The number of carboxylic acid groups (broad SMARTS) is 1. The first-order chi connectivity index (χ1) is 19.9. The number of aromatic nitrogens is 1. The van der Waals surface area contributed by atoms with Crippen LogP contribution in [0.2, 0.25) is 0 Å². The maximum atomic E-state index is 14.7. The maximum absolute atomic E-state index is 14.7. The van der Waals surface area contributed by atoms with Gasteiger partial charge in [0.05, 0.1) is 16.0 Å². The van der Waals surface area contributed by atoms with Gasteiger partial charge >= 0.3 is 12.1 Å². The van der Waals surface area contributed by atoms with Crippen molar-refractivity contribution in [3.05, 3.63) is 106 Å². The number of carboxylic acids is 1. The third-order valence-electron chi connectivity index (χ3n) is 7.56. The minimum atomic E-state index is -5.05. The van der Waals surface area contributed by atoms with Crippen LogP contribution in [0.3, 0.4) is 0 Å². The molecule has 1 aliphatic heterocycles. The molecule has 5 rings (SSSR count). The number of nitrogens with zero attached hydrogens (tertiary/aromatic N) is 3. The molecule has 220 valence electrons. The van der Waals surface area contributed by atoms with Crippen LogP contribution < -0.4 is 4.74 Å². The van der Waals surface area contributed by atoms with Gasteiger partial charge in [0, 0.05) is 55.5 Å². The molecule has 12 heteroatoms. The van der Waals surface area contributed by atoms with Crippen LogP contribution in [0.4, 0.5) is 18.9 Å². The predicted octanol–water partition coefficient (Wildman–Crippen LogP) is 5.59. The second-order valence-corrected chi connectivity index (χ2v) is 10.4. The average Bonchev–Trinajstić information content (AvgIpc) is 3.32. The van der Waals surface area contributed by atoms with Gasteiger partial charge in [-0.1, -0.05) is 36.4 Å². The number of non-ortho nitro benzene ring substituents is 1. The molecule has 0 amide bonds. The Balaban J connectivity index is 1.41. The lowest BCUT2D eigenvalue weighted by atomic mass is 9.91. The monoisotopic (exact) mass is 583 g/mol. The van der Waals surface area contributed by atoms with Gasteiger partial charge in [-0.05, 0) is 42.7 Å². The first-order valence-corrected chi connectivity index (χ1v) is 13.3. The van der Waals surface area contributed by atoms with Gasteiger partial charge in [0.15, 0.2) is 0 Å². The molecule has 0 spiro atoms. The maximum Gasteiger partial charge on any atom is 0.422 e. The molecule has 1 unspecified atom stereocenters. The van der Waals surface area contributed by atoms with E-state index in [0.29, 0.717) is 18.6 Å². The lowest BCUT2D eigenvalue weighted by Gasteiger charge is -2.39. The van der Waals surface area contributed by atoms with Crippen molar-refractivity contribution in [2.45, 2.75) is 37.3 Å². The van der Waals surface area contributed by atoms with E-state index < -0.39 is 29.2 Å². The molecule has 3 aromatic carbocycles. The number of fused-ring (bicyclic) bond motifs is 1. The van der Waals surface area contributed by atoms with E-state index in [2.05, 4.69) is 0 Å². The summed E-state index contributed by atoms with van der Waals surface area (Å²) in [5.41, 5.74) is -2.85. The summed E-state index contributed by atoms with van der Waals surface area (Å²) in [4.78, 5) is 23.6. The number of likely N-dealkylation sites (tertiary alicyclic amines) is 1. The van der Waals surface area contributed by atoms with E-state index in [0.717, 1.165) is 11.6 Å². The number of carbonyl (C=O) groups is 1. The molecule has 0 bridgehead atoms. The number of hydrogen-bond acceptors (Lipinski definition) is 6. The Labute approximate surface area is 238 Å². The Bertz CT molecular complexity index is 1600. The van der Waals surface area contributed by atoms with Crippen molar-refractivity contribution in [1.29, 1.82) is 0 Å². The van der Waals surface area contributed by atoms with Crippen LogP contribution in [0, 0.1) is 10.1 Å². The van der Waals surface area contributed by atoms with E-state index in [4.69, 9.17) is 4.74 Å². The smallest absolute Gasteiger partial charge is 0.422 e. The van der Waals surface area contributed by atoms with Crippen molar-refractivity contribution in [3.63, 3.8) is 0 Å². The number of β-amino-alcohol motifs (C(OH)–C–C–N with tert-alkyl or cyclic N) is 1. The summed E-state index contributed by atoms with van der Waals surface area (Å²) in [5, 5.41) is 32.1. The number of ether oxygens (including phenoxy) is 1. The Morgan fingerprint density at radius 3 is 2.38 bits per heavy atom. The molecule has 0 radical (unpaired) electrons. The summed E-state index contributed by atoms with van der Waals surface area (Å²) < 4.78 is 51.5. The molecule has 42 heavy (non-hydrogen) atoms. The molecule has 2 heterocycles. The standard InChI is InChI=1S/C30H28F3N3O6/c31-30(32,33)29(39,19-34-13-11-23(12-14-34)42-24-8-4-7-21(15-24)28(37)38)26-18-35(17-20-5-2-1-3-6-20)27-16-22(36(40)41)9-10-25(26)27/h1-10,15-16,18,23,39H,11-14,17,19H2,(H,37,38). The topological polar surface area (TPSA) is 118 Å². The van der Waals surface area contributed by atoms with Gasteiger partial charge in [-0.25, -0.2) is 4.79 Å². The van der Waals surface area contributed by atoms with Crippen molar-refractivity contribution >= 4 is 22.6 Å². The predicted molar refractivity (Wildman–Crippen MR) is 148 cm³/mol. The van der Waals surface area contributed by atoms with Gasteiger partial charge in [-0.3, -0.25) is 15.0 Å². The molecule has 0 aliphatic carbocycles. The van der Waals surface area contributed by atoms with E-state index in [-0.39, 0.29) is 53.5 Å². The number of hydrogen-bond donors (Lipinski definition) is 2. The first-order valence-electron chi connectivity index (χ1n) is 13.3. The molecule has 1 saturated heterocycles. The molecule has 1 aliphatic rings. The minimum Gasteiger partial charge on any atom is -0.490 e. The summed E-state index contributed by atoms with van der Waals surface area (Å²) in [5.74, 6) is -0.734. The molecular weight excluding hydrogens is 555 g/mol. The van der Waals surface area contributed by atoms with E-state index in [9.17, 15) is 38.3 Å². The third kappa shape index (κ3) is 5.95. The molecule has 0 saturated carbocycles. The van der Waals surface area contributed by atoms with E-state index in [1.807, 2.05) is 0 Å². The second kappa shape index (κ2) is 11.5. The van der Waals surface area contributed by atoms with Gasteiger partial charge in [-0.2, -0.15) is 13.2 Å². The molecule has 1 aromatic heterocycles. The van der Waals surface area contributed by atoms with Crippen LogP contribution in [0.1, 0.15) is 34.3 Å². The Kier molecular flexibility index (Phi) is 7.93. The van der Waals surface area contributed by atoms with Crippen LogP contribution in [-0.4, -0.2) is 62.5 Å². The summed E-state index contributed by atoms with van der Waals surface area (Å²) in [6.07, 6.45) is -3.41. The van der Waals surface area contributed by atoms with Crippen molar-refractivity contribution < 1.29 is 37.8 Å². The largest absolute Gasteiger partial charge is 0.490 e. The highest BCUT2D eigenvalue weighted by Crippen LogP contribution is 2.44.